The molecule has 1 aliphatic rings. The largest absolute Gasteiger partial charge is 0.482 e. The lowest BCUT2D eigenvalue weighted by molar-refractivity contribution is -0.141. The number of halogens is 3. The fourth-order valence-electron chi connectivity index (χ4n) is 3.08. The minimum Gasteiger partial charge on any atom is -0.482 e. The van der Waals surface area contributed by atoms with E-state index in [9.17, 15) is 18.0 Å². The van der Waals surface area contributed by atoms with Gasteiger partial charge in [-0.3, -0.25) is 9.48 Å². The third kappa shape index (κ3) is 3.71. The van der Waals surface area contributed by atoms with Crippen LogP contribution >= 0.6 is 0 Å². The molecule has 0 aliphatic carbocycles. The second kappa shape index (κ2) is 7.03. The quantitative estimate of drug-likeness (QED) is 0.732. The molecule has 1 N–H and O–H groups in total. The Hall–Kier alpha value is -3.29. The maximum atomic E-state index is 13.2. The average Bonchev–Trinajstić information content (AvgIpc) is 3.11. The van der Waals surface area contributed by atoms with E-state index < -0.39 is 11.9 Å². The standard InChI is InChI=1S/C20H16F3N3O2/c21-20(22,23)18-11-16(26(25-18)9-8-13-4-2-1-3-5-13)14-6-7-17-15(10-14)24-19(27)12-28-17/h1-7,10-11H,8-9,12H2,(H,24,27). The highest BCUT2D eigenvalue weighted by Gasteiger charge is 2.35. The maximum absolute atomic E-state index is 13.2. The number of aryl methyl sites for hydroxylation is 2. The molecule has 0 spiro atoms. The van der Waals surface area contributed by atoms with Gasteiger partial charge < -0.3 is 10.1 Å². The Bertz CT molecular complexity index is 1010. The molecule has 1 aliphatic heterocycles. The number of aromatic nitrogens is 2. The van der Waals surface area contributed by atoms with E-state index in [1.807, 2.05) is 30.3 Å². The lowest BCUT2D eigenvalue weighted by Gasteiger charge is -2.18. The summed E-state index contributed by atoms with van der Waals surface area (Å²) in [6.45, 7) is 0.203. The van der Waals surface area contributed by atoms with E-state index in [0.717, 1.165) is 11.6 Å². The highest BCUT2D eigenvalue weighted by atomic mass is 19.4. The van der Waals surface area contributed by atoms with Crippen molar-refractivity contribution in [1.82, 2.24) is 9.78 Å². The van der Waals surface area contributed by atoms with Crippen molar-refractivity contribution in [2.45, 2.75) is 19.1 Å². The number of carbonyl (C=O) groups is 1. The van der Waals surface area contributed by atoms with Crippen LogP contribution in [0.5, 0.6) is 5.75 Å². The average molecular weight is 387 g/mol. The number of ether oxygens (including phenoxy) is 1. The number of hydrogen-bond donors (Lipinski definition) is 1. The summed E-state index contributed by atoms with van der Waals surface area (Å²) in [6, 6.07) is 15.4. The van der Waals surface area contributed by atoms with Crippen molar-refractivity contribution in [2.24, 2.45) is 0 Å². The van der Waals surface area contributed by atoms with Crippen LogP contribution in [-0.4, -0.2) is 22.3 Å². The van der Waals surface area contributed by atoms with Crippen LogP contribution in [0.2, 0.25) is 0 Å². The Balaban J connectivity index is 1.70. The van der Waals surface area contributed by atoms with Crippen molar-refractivity contribution in [3.63, 3.8) is 0 Å². The molecule has 28 heavy (non-hydrogen) atoms. The number of alkyl halides is 3. The Labute approximate surface area is 158 Å². The van der Waals surface area contributed by atoms with Gasteiger partial charge in [-0.25, -0.2) is 0 Å². The Morgan fingerprint density at radius 2 is 1.89 bits per heavy atom. The molecule has 1 aromatic heterocycles. The molecule has 3 aromatic rings. The molecule has 8 heteroatoms. The highest BCUT2D eigenvalue weighted by Crippen LogP contribution is 2.35. The topological polar surface area (TPSA) is 56.1 Å². The van der Waals surface area contributed by atoms with Crippen LogP contribution in [0.1, 0.15) is 11.3 Å². The highest BCUT2D eigenvalue weighted by molar-refractivity contribution is 5.96. The molecule has 5 nitrogen and oxygen atoms in total. The van der Waals surface area contributed by atoms with E-state index in [0.29, 0.717) is 29.1 Å². The van der Waals surface area contributed by atoms with Crippen LogP contribution in [0.3, 0.4) is 0 Å². The molecule has 0 radical (unpaired) electrons. The number of benzene rings is 2. The number of amides is 1. The van der Waals surface area contributed by atoms with Crippen LogP contribution < -0.4 is 10.1 Å². The van der Waals surface area contributed by atoms with E-state index in [2.05, 4.69) is 10.4 Å². The molecule has 1 amide bonds. The first-order chi connectivity index (χ1) is 13.4. The predicted molar refractivity (Wildman–Crippen MR) is 96.9 cm³/mol. The van der Waals surface area contributed by atoms with Gasteiger partial charge in [-0.2, -0.15) is 18.3 Å². The summed E-state index contributed by atoms with van der Waals surface area (Å²) in [5.41, 5.74) is 1.32. The lowest BCUT2D eigenvalue weighted by atomic mass is 10.1. The van der Waals surface area contributed by atoms with E-state index in [-0.39, 0.29) is 19.1 Å². The molecule has 4 rings (SSSR count). The number of anilines is 1. The van der Waals surface area contributed by atoms with Gasteiger partial charge in [0.05, 0.1) is 11.4 Å². The number of rotatable bonds is 4. The SMILES string of the molecule is O=C1COc2ccc(-c3cc(C(F)(F)F)nn3CCc3ccccc3)cc2N1. The molecular formula is C20H16F3N3O2. The lowest BCUT2D eigenvalue weighted by Crippen LogP contribution is -2.25. The third-order valence-electron chi connectivity index (χ3n) is 4.43. The van der Waals surface area contributed by atoms with Crippen LogP contribution in [0.15, 0.2) is 54.6 Å². The van der Waals surface area contributed by atoms with Gasteiger partial charge in [-0.15, -0.1) is 0 Å². The normalized spacial score (nSPS) is 13.6. The summed E-state index contributed by atoms with van der Waals surface area (Å²) in [4.78, 5) is 11.5. The molecular weight excluding hydrogens is 371 g/mol. The number of fused-ring (bicyclic) bond motifs is 1. The second-order valence-electron chi connectivity index (χ2n) is 6.42. The Kier molecular flexibility index (Phi) is 4.54. The summed E-state index contributed by atoms with van der Waals surface area (Å²) in [5.74, 6) is 0.174. The van der Waals surface area contributed by atoms with Gasteiger partial charge in [0, 0.05) is 12.1 Å². The molecule has 144 valence electrons. The molecule has 2 aromatic carbocycles. The van der Waals surface area contributed by atoms with Gasteiger partial charge in [0.2, 0.25) is 0 Å². The first kappa shape index (κ1) is 18.1. The summed E-state index contributed by atoms with van der Waals surface area (Å²) in [5, 5.41) is 6.44. The van der Waals surface area contributed by atoms with E-state index in [1.54, 1.807) is 18.2 Å². The second-order valence-corrected chi connectivity index (χ2v) is 6.42. The number of nitrogens with one attached hydrogen (secondary N) is 1. The smallest absolute Gasteiger partial charge is 0.435 e. The Morgan fingerprint density at radius 3 is 2.64 bits per heavy atom. The van der Waals surface area contributed by atoms with E-state index in [1.165, 1.54) is 4.68 Å². The van der Waals surface area contributed by atoms with Gasteiger partial charge in [0.15, 0.2) is 12.3 Å². The molecule has 0 unspecified atom stereocenters. The summed E-state index contributed by atoms with van der Waals surface area (Å²) < 4.78 is 46.4. The predicted octanol–water partition coefficient (Wildman–Crippen LogP) is 4.14. The third-order valence-corrected chi connectivity index (χ3v) is 4.43. The summed E-state index contributed by atoms with van der Waals surface area (Å²) >= 11 is 0. The first-order valence-electron chi connectivity index (χ1n) is 8.66. The fraction of sp³-hybridized carbons (Fsp3) is 0.200. The van der Waals surface area contributed by atoms with Crippen LogP contribution in [-0.2, 0) is 23.9 Å². The van der Waals surface area contributed by atoms with Gasteiger partial charge >= 0.3 is 6.18 Å². The van der Waals surface area contributed by atoms with Crippen molar-refractivity contribution in [3.8, 4) is 17.0 Å². The maximum Gasteiger partial charge on any atom is 0.435 e. The van der Waals surface area contributed by atoms with E-state index in [4.69, 9.17) is 4.74 Å². The zero-order valence-electron chi connectivity index (χ0n) is 14.7. The van der Waals surface area contributed by atoms with E-state index >= 15 is 0 Å². The van der Waals surface area contributed by atoms with Crippen molar-refractivity contribution in [1.29, 1.82) is 0 Å². The van der Waals surface area contributed by atoms with Crippen LogP contribution in [0.25, 0.3) is 11.3 Å². The van der Waals surface area contributed by atoms with Gasteiger partial charge in [-0.1, -0.05) is 30.3 Å². The zero-order valence-corrected chi connectivity index (χ0v) is 14.7. The van der Waals surface area contributed by atoms with Crippen molar-refractivity contribution < 1.29 is 22.7 Å². The summed E-state index contributed by atoms with van der Waals surface area (Å²) in [6.07, 6.45) is -4.00. The molecule has 0 atom stereocenters. The van der Waals surface area contributed by atoms with Gasteiger partial charge in [0.1, 0.15) is 5.75 Å². The zero-order chi connectivity index (χ0) is 19.7. The molecule has 0 saturated carbocycles. The molecule has 2 heterocycles. The molecule has 0 fully saturated rings. The fourth-order valence-corrected chi connectivity index (χ4v) is 3.08. The first-order valence-corrected chi connectivity index (χ1v) is 8.66. The van der Waals surface area contributed by atoms with Crippen molar-refractivity contribution >= 4 is 11.6 Å². The van der Waals surface area contributed by atoms with Gasteiger partial charge in [-0.05, 0) is 36.2 Å². The number of nitrogens with zero attached hydrogens (tertiary/aromatic N) is 2. The van der Waals surface area contributed by atoms with Crippen molar-refractivity contribution in [3.05, 3.63) is 65.9 Å². The van der Waals surface area contributed by atoms with Crippen molar-refractivity contribution in [2.75, 3.05) is 11.9 Å². The number of carbonyl (C=O) groups excluding carboxylic acids is 1. The number of hydrogen-bond acceptors (Lipinski definition) is 3. The van der Waals surface area contributed by atoms with Crippen LogP contribution in [0, 0.1) is 0 Å². The minimum atomic E-state index is -4.54. The minimum absolute atomic E-state index is 0.0838. The molecule has 0 saturated heterocycles. The molecule has 0 bridgehead atoms. The van der Waals surface area contributed by atoms with Crippen LogP contribution in [0.4, 0.5) is 18.9 Å². The van der Waals surface area contributed by atoms with Gasteiger partial charge in [0.25, 0.3) is 5.91 Å². The summed E-state index contributed by atoms with van der Waals surface area (Å²) in [7, 11) is 0. The Morgan fingerprint density at radius 1 is 1.11 bits per heavy atom. The monoisotopic (exact) mass is 387 g/mol.